The predicted octanol–water partition coefficient (Wildman–Crippen LogP) is 3.21. The molecule has 9 heteroatoms. The number of esters is 1. The second-order valence-corrected chi connectivity index (χ2v) is 4.87. The minimum Gasteiger partial charge on any atom is -0.449 e. The van der Waals surface area contributed by atoms with E-state index in [-0.39, 0.29) is 18.1 Å². The van der Waals surface area contributed by atoms with Gasteiger partial charge in [0, 0.05) is 18.5 Å². The molecule has 0 aliphatic heterocycles. The standard InChI is InChI=1S/C16H12F4N2O3/c1-2-11(25-16(24)8-3-5-21-6-4-8)15(23)22-14-12(19)9(17)7-10(18)13(14)20/h3-7,11H,2H2,1H3,(H,22,23). The number of anilines is 1. The number of ether oxygens (including phenoxy) is 1. The summed E-state index contributed by atoms with van der Waals surface area (Å²) in [6, 6.07) is 2.70. The van der Waals surface area contributed by atoms with Crippen LogP contribution in [0.3, 0.4) is 0 Å². The third-order valence-electron chi connectivity index (χ3n) is 3.19. The molecule has 1 amide bonds. The van der Waals surface area contributed by atoms with Crippen LogP contribution in [0.15, 0.2) is 30.6 Å². The van der Waals surface area contributed by atoms with Crippen LogP contribution in [-0.4, -0.2) is 23.0 Å². The molecule has 0 saturated heterocycles. The zero-order valence-electron chi connectivity index (χ0n) is 12.9. The first-order valence-electron chi connectivity index (χ1n) is 7.10. The lowest BCUT2D eigenvalue weighted by atomic mass is 10.2. The average molecular weight is 356 g/mol. The first kappa shape index (κ1) is 18.4. The van der Waals surface area contributed by atoms with E-state index in [2.05, 4.69) is 4.98 Å². The van der Waals surface area contributed by atoms with Gasteiger partial charge in [0.05, 0.1) is 5.56 Å². The second-order valence-electron chi connectivity index (χ2n) is 4.87. The number of amides is 1. The van der Waals surface area contributed by atoms with E-state index in [1.165, 1.54) is 31.5 Å². The van der Waals surface area contributed by atoms with Gasteiger partial charge in [0.2, 0.25) is 0 Å². The number of hydrogen-bond acceptors (Lipinski definition) is 4. The fraction of sp³-hybridized carbons (Fsp3) is 0.188. The van der Waals surface area contributed by atoms with Crippen molar-refractivity contribution in [3.8, 4) is 0 Å². The normalized spacial score (nSPS) is 11.7. The molecular formula is C16H12F4N2O3. The van der Waals surface area contributed by atoms with Gasteiger partial charge < -0.3 is 10.1 Å². The van der Waals surface area contributed by atoms with Gasteiger partial charge in [-0.2, -0.15) is 0 Å². The topological polar surface area (TPSA) is 68.3 Å². The number of benzene rings is 1. The molecule has 2 aromatic rings. The van der Waals surface area contributed by atoms with Gasteiger partial charge >= 0.3 is 5.97 Å². The Kier molecular flexibility index (Phi) is 5.68. The Labute approximate surface area is 139 Å². The van der Waals surface area contributed by atoms with E-state index >= 15 is 0 Å². The summed E-state index contributed by atoms with van der Waals surface area (Å²) in [5.74, 6) is -8.86. The molecule has 1 aromatic heterocycles. The molecule has 0 radical (unpaired) electrons. The zero-order valence-corrected chi connectivity index (χ0v) is 12.9. The molecule has 1 N–H and O–H groups in total. The third-order valence-corrected chi connectivity index (χ3v) is 3.19. The van der Waals surface area contributed by atoms with Crippen LogP contribution in [0.4, 0.5) is 23.2 Å². The van der Waals surface area contributed by atoms with E-state index in [1.54, 1.807) is 5.32 Å². The predicted molar refractivity (Wildman–Crippen MR) is 78.6 cm³/mol. The number of pyridine rings is 1. The monoisotopic (exact) mass is 356 g/mol. The third kappa shape index (κ3) is 4.11. The Morgan fingerprint density at radius 1 is 1.12 bits per heavy atom. The van der Waals surface area contributed by atoms with Gasteiger partial charge in [-0.3, -0.25) is 9.78 Å². The molecule has 0 spiro atoms. The molecule has 1 aromatic carbocycles. The van der Waals surface area contributed by atoms with Crippen LogP contribution in [0.1, 0.15) is 23.7 Å². The molecule has 5 nitrogen and oxygen atoms in total. The molecule has 0 aliphatic carbocycles. The number of carbonyl (C=O) groups excluding carboxylic acids is 2. The molecule has 0 aliphatic rings. The van der Waals surface area contributed by atoms with Gasteiger partial charge in [-0.05, 0) is 18.6 Å². The van der Waals surface area contributed by atoms with E-state index in [0.717, 1.165) is 0 Å². The summed E-state index contributed by atoms with van der Waals surface area (Å²) in [5.41, 5.74) is -1.18. The van der Waals surface area contributed by atoms with Crippen molar-refractivity contribution >= 4 is 17.6 Å². The van der Waals surface area contributed by atoms with Crippen molar-refractivity contribution in [2.24, 2.45) is 0 Å². The number of halogens is 4. The summed E-state index contributed by atoms with van der Waals surface area (Å²) >= 11 is 0. The number of rotatable bonds is 5. The van der Waals surface area contributed by atoms with Crippen molar-refractivity contribution in [2.75, 3.05) is 5.32 Å². The van der Waals surface area contributed by atoms with Gasteiger partial charge in [0.15, 0.2) is 29.4 Å². The minimum atomic E-state index is -1.76. The lowest BCUT2D eigenvalue weighted by molar-refractivity contribution is -0.124. The zero-order chi connectivity index (χ0) is 18.6. The van der Waals surface area contributed by atoms with E-state index in [9.17, 15) is 27.2 Å². The average Bonchev–Trinajstić information content (AvgIpc) is 2.61. The fourth-order valence-electron chi connectivity index (χ4n) is 1.89. The highest BCUT2D eigenvalue weighted by Gasteiger charge is 2.26. The SMILES string of the molecule is CCC(OC(=O)c1ccncc1)C(=O)Nc1c(F)c(F)cc(F)c1F. The summed E-state index contributed by atoms with van der Waals surface area (Å²) < 4.78 is 58.4. The van der Waals surface area contributed by atoms with Crippen LogP contribution < -0.4 is 5.32 Å². The minimum absolute atomic E-state index is 0.0150. The van der Waals surface area contributed by atoms with Crippen LogP contribution in [0, 0.1) is 23.3 Å². The highest BCUT2D eigenvalue weighted by Crippen LogP contribution is 2.24. The number of carbonyl (C=O) groups is 2. The smallest absolute Gasteiger partial charge is 0.339 e. The van der Waals surface area contributed by atoms with Gasteiger partial charge in [-0.1, -0.05) is 6.92 Å². The maximum absolute atomic E-state index is 13.6. The quantitative estimate of drug-likeness (QED) is 0.507. The van der Waals surface area contributed by atoms with Gasteiger partial charge in [0.25, 0.3) is 5.91 Å². The van der Waals surface area contributed by atoms with Gasteiger partial charge in [-0.15, -0.1) is 0 Å². The maximum atomic E-state index is 13.6. The van der Waals surface area contributed by atoms with E-state index < -0.39 is 46.9 Å². The first-order valence-corrected chi connectivity index (χ1v) is 7.10. The summed E-state index contributed by atoms with van der Waals surface area (Å²) in [4.78, 5) is 27.7. The van der Waals surface area contributed by atoms with Crippen LogP contribution in [0.2, 0.25) is 0 Å². The molecule has 2 rings (SSSR count). The molecule has 1 heterocycles. The largest absolute Gasteiger partial charge is 0.449 e. The molecular weight excluding hydrogens is 344 g/mol. The Balaban J connectivity index is 2.17. The van der Waals surface area contributed by atoms with Crippen molar-refractivity contribution in [3.05, 3.63) is 59.4 Å². The second kappa shape index (κ2) is 7.73. The van der Waals surface area contributed by atoms with Gasteiger partial charge in [-0.25, -0.2) is 22.4 Å². The van der Waals surface area contributed by atoms with Crippen molar-refractivity contribution in [2.45, 2.75) is 19.4 Å². The van der Waals surface area contributed by atoms with Crippen molar-refractivity contribution in [1.82, 2.24) is 4.98 Å². The number of hydrogen-bond donors (Lipinski definition) is 1. The summed E-state index contributed by atoms with van der Waals surface area (Å²) in [7, 11) is 0. The Bertz CT molecular complexity index is 773. The van der Waals surface area contributed by atoms with E-state index in [1.807, 2.05) is 0 Å². The van der Waals surface area contributed by atoms with Crippen LogP contribution in [0.25, 0.3) is 0 Å². The summed E-state index contributed by atoms with van der Waals surface area (Å²) in [6.45, 7) is 1.48. The number of nitrogens with one attached hydrogen (secondary N) is 1. The molecule has 25 heavy (non-hydrogen) atoms. The number of aromatic nitrogens is 1. The number of nitrogens with zero attached hydrogens (tertiary/aromatic N) is 1. The van der Waals surface area contributed by atoms with Crippen molar-refractivity contribution < 1.29 is 31.9 Å². The molecule has 0 fully saturated rings. The Morgan fingerprint density at radius 3 is 2.20 bits per heavy atom. The molecule has 0 saturated carbocycles. The maximum Gasteiger partial charge on any atom is 0.339 e. The summed E-state index contributed by atoms with van der Waals surface area (Å²) in [6.07, 6.45) is 1.20. The fourth-order valence-corrected chi connectivity index (χ4v) is 1.89. The van der Waals surface area contributed by atoms with Gasteiger partial charge in [0.1, 0.15) is 5.69 Å². The Hall–Kier alpha value is -2.97. The van der Waals surface area contributed by atoms with Crippen LogP contribution >= 0.6 is 0 Å². The van der Waals surface area contributed by atoms with Crippen LogP contribution in [-0.2, 0) is 9.53 Å². The van der Waals surface area contributed by atoms with E-state index in [0.29, 0.717) is 0 Å². The summed E-state index contributed by atoms with van der Waals surface area (Å²) in [5, 5.41) is 1.71. The van der Waals surface area contributed by atoms with Crippen molar-refractivity contribution in [3.63, 3.8) is 0 Å². The molecule has 1 unspecified atom stereocenters. The van der Waals surface area contributed by atoms with Crippen LogP contribution in [0.5, 0.6) is 0 Å². The highest BCUT2D eigenvalue weighted by molar-refractivity contribution is 5.97. The highest BCUT2D eigenvalue weighted by atomic mass is 19.2. The molecule has 0 bridgehead atoms. The lowest BCUT2D eigenvalue weighted by Crippen LogP contribution is -2.33. The molecule has 1 atom stereocenters. The van der Waals surface area contributed by atoms with E-state index in [4.69, 9.17) is 4.74 Å². The Morgan fingerprint density at radius 2 is 1.68 bits per heavy atom. The lowest BCUT2D eigenvalue weighted by Gasteiger charge is -2.17. The first-order chi connectivity index (χ1) is 11.8. The molecule has 132 valence electrons. The van der Waals surface area contributed by atoms with Crippen molar-refractivity contribution in [1.29, 1.82) is 0 Å².